The Bertz CT molecular complexity index is 286. The van der Waals surface area contributed by atoms with E-state index in [1.165, 1.54) is 17.7 Å². The summed E-state index contributed by atoms with van der Waals surface area (Å²) in [5.41, 5.74) is 0. The quantitative estimate of drug-likeness (QED) is 0.594. The predicted molar refractivity (Wildman–Crippen MR) is 77.2 cm³/mol. The lowest BCUT2D eigenvalue weighted by molar-refractivity contribution is 0.638. The van der Waals surface area contributed by atoms with Gasteiger partial charge in [0.1, 0.15) is 0 Å². The molecule has 0 fully saturated rings. The molecule has 16 heavy (non-hydrogen) atoms. The van der Waals surface area contributed by atoms with Crippen molar-refractivity contribution in [3.63, 3.8) is 0 Å². The SMILES string of the molecule is CCCCNCC(C)Sc1ccc(Br)cc1. The van der Waals surface area contributed by atoms with Crippen LogP contribution in [0.4, 0.5) is 0 Å². The van der Waals surface area contributed by atoms with Gasteiger partial charge in [0, 0.05) is 21.2 Å². The Labute approximate surface area is 112 Å². The zero-order valence-electron chi connectivity index (χ0n) is 10.0. The van der Waals surface area contributed by atoms with Crippen LogP contribution in [0.25, 0.3) is 0 Å². The first-order chi connectivity index (χ1) is 7.72. The van der Waals surface area contributed by atoms with E-state index >= 15 is 0 Å². The van der Waals surface area contributed by atoms with E-state index in [4.69, 9.17) is 0 Å². The number of rotatable bonds is 7. The third-order valence-electron chi connectivity index (χ3n) is 2.29. The molecule has 0 heterocycles. The molecule has 0 aliphatic heterocycles. The van der Waals surface area contributed by atoms with Crippen LogP contribution < -0.4 is 5.32 Å². The van der Waals surface area contributed by atoms with Crippen LogP contribution in [-0.4, -0.2) is 18.3 Å². The van der Waals surface area contributed by atoms with Gasteiger partial charge in [0.25, 0.3) is 0 Å². The van der Waals surface area contributed by atoms with Crippen molar-refractivity contribution in [2.75, 3.05) is 13.1 Å². The normalized spacial score (nSPS) is 12.7. The van der Waals surface area contributed by atoms with Gasteiger partial charge in [-0.05, 0) is 37.2 Å². The molecule has 0 bridgehead atoms. The summed E-state index contributed by atoms with van der Waals surface area (Å²) in [6.45, 7) is 6.72. The van der Waals surface area contributed by atoms with Crippen molar-refractivity contribution in [3.05, 3.63) is 28.7 Å². The molecule has 0 saturated carbocycles. The molecule has 1 N–H and O–H groups in total. The Balaban J connectivity index is 2.23. The summed E-state index contributed by atoms with van der Waals surface area (Å²) in [4.78, 5) is 1.34. The Morgan fingerprint density at radius 2 is 2.00 bits per heavy atom. The van der Waals surface area contributed by atoms with Crippen molar-refractivity contribution in [3.8, 4) is 0 Å². The summed E-state index contributed by atoms with van der Waals surface area (Å²) in [6.07, 6.45) is 2.54. The smallest absolute Gasteiger partial charge is 0.0191 e. The fraction of sp³-hybridized carbons (Fsp3) is 0.538. The van der Waals surface area contributed by atoms with Gasteiger partial charge >= 0.3 is 0 Å². The zero-order chi connectivity index (χ0) is 11.8. The second-order valence-electron chi connectivity index (χ2n) is 3.94. The minimum atomic E-state index is 0.623. The lowest BCUT2D eigenvalue weighted by Crippen LogP contribution is -2.23. The van der Waals surface area contributed by atoms with E-state index in [1.807, 2.05) is 11.8 Å². The van der Waals surface area contributed by atoms with Gasteiger partial charge in [0.2, 0.25) is 0 Å². The first kappa shape index (κ1) is 14.1. The molecule has 0 aromatic heterocycles. The monoisotopic (exact) mass is 301 g/mol. The maximum Gasteiger partial charge on any atom is 0.0191 e. The average Bonchev–Trinajstić information content (AvgIpc) is 2.28. The zero-order valence-corrected chi connectivity index (χ0v) is 12.4. The molecule has 1 rings (SSSR count). The average molecular weight is 302 g/mol. The Hall–Kier alpha value is 0.01000. The number of hydrogen-bond donors (Lipinski definition) is 1. The second kappa shape index (κ2) is 8.15. The number of thioether (sulfide) groups is 1. The van der Waals surface area contributed by atoms with Crippen LogP contribution in [-0.2, 0) is 0 Å². The molecule has 3 heteroatoms. The molecule has 1 unspecified atom stereocenters. The lowest BCUT2D eigenvalue weighted by Gasteiger charge is -2.12. The van der Waals surface area contributed by atoms with Crippen molar-refractivity contribution >= 4 is 27.7 Å². The van der Waals surface area contributed by atoms with Crippen LogP contribution in [0.1, 0.15) is 26.7 Å². The summed E-state index contributed by atoms with van der Waals surface area (Å²) in [5, 5.41) is 4.11. The number of nitrogens with one attached hydrogen (secondary N) is 1. The summed E-state index contributed by atoms with van der Waals surface area (Å²) in [7, 11) is 0. The Kier molecular flexibility index (Phi) is 7.17. The molecular formula is C13H20BrNS. The van der Waals surface area contributed by atoms with Crippen LogP contribution in [0.15, 0.2) is 33.6 Å². The molecule has 0 amide bonds. The largest absolute Gasteiger partial charge is 0.316 e. The minimum absolute atomic E-state index is 0.623. The first-order valence-electron chi connectivity index (χ1n) is 5.85. The molecule has 0 spiro atoms. The van der Waals surface area contributed by atoms with Gasteiger partial charge < -0.3 is 5.32 Å². The lowest BCUT2D eigenvalue weighted by atomic mass is 10.3. The summed E-state index contributed by atoms with van der Waals surface area (Å²) in [5.74, 6) is 0. The second-order valence-corrected chi connectivity index (χ2v) is 6.37. The maximum absolute atomic E-state index is 3.49. The van der Waals surface area contributed by atoms with Crippen molar-refractivity contribution in [2.45, 2.75) is 36.8 Å². The van der Waals surface area contributed by atoms with Crippen LogP contribution in [0.2, 0.25) is 0 Å². The number of halogens is 1. The van der Waals surface area contributed by atoms with Crippen molar-refractivity contribution < 1.29 is 0 Å². The number of unbranched alkanes of at least 4 members (excludes halogenated alkanes) is 1. The highest BCUT2D eigenvalue weighted by molar-refractivity contribution is 9.10. The van der Waals surface area contributed by atoms with Gasteiger partial charge in [0.05, 0.1) is 0 Å². The molecule has 1 aromatic carbocycles. The van der Waals surface area contributed by atoms with Crippen LogP contribution in [0, 0.1) is 0 Å². The highest BCUT2D eigenvalue weighted by atomic mass is 79.9. The van der Waals surface area contributed by atoms with Crippen molar-refractivity contribution in [2.24, 2.45) is 0 Å². The molecule has 0 aliphatic carbocycles. The molecule has 0 radical (unpaired) electrons. The Morgan fingerprint density at radius 1 is 1.31 bits per heavy atom. The van der Waals surface area contributed by atoms with E-state index in [0.717, 1.165) is 17.6 Å². The van der Waals surface area contributed by atoms with Gasteiger partial charge in [-0.25, -0.2) is 0 Å². The van der Waals surface area contributed by atoms with Crippen LogP contribution in [0.5, 0.6) is 0 Å². The standard InChI is InChI=1S/C13H20BrNS/c1-3-4-9-15-10-11(2)16-13-7-5-12(14)6-8-13/h5-8,11,15H,3-4,9-10H2,1-2H3. The van der Waals surface area contributed by atoms with E-state index in [-0.39, 0.29) is 0 Å². The van der Waals surface area contributed by atoms with Gasteiger partial charge in [-0.1, -0.05) is 36.2 Å². The fourth-order valence-corrected chi connectivity index (χ4v) is 2.62. The van der Waals surface area contributed by atoms with E-state index < -0.39 is 0 Å². The highest BCUT2D eigenvalue weighted by Gasteiger charge is 2.03. The summed E-state index contributed by atoms with van der Waals surface area (Å²) >= 11 is 5.38. The highest BCUT2D eigenvalue weighted by Crippen LogP contribution is 2.24. The van der Waals surface area contributed by atoms with Crippen molar-refractivity contribution in [1.29, 1.82) is 0 Å². The van der Waals surface area contributed by atoms with Gasteiger partial charge in [-0.15, -0.1) is 11.8 Å². The molecule has 1 aromatic rings. The molecular weight excluding hydrogens is 282 g/mol. The van der Waals surface area contributed by atoms with E-state index in [9.17, 15) is 0 Å². The minimum Gasteiger partial charge on any atom is -0.316 e. The third-order valence-corrected chi connectivity index (χ3v) is 3.93. The van der Waals surface area contributed by atoms with Gasteiger partial charge in [0.15, 0.2) is 0 Å². The topological polar surface area (TPSA) is 12.0 Å². The number of hydrogen-bond acceptors (Lipinski definition) is 2. The first-order valence-corrected chi connectivity index (χ1v) is 7.52. The van der Waals surface area contributed by atoms with Gasteiger partial charge in [-0.3, -0.25) is 0 Å². The Morgan fingerprint density at radius 3 is 2.62 bits per heavy atom. The predicted octanol–water partition coefficient (Wildman–Crippen LogP) is 4.32. The molecule has 0 saturated heterocycles. The molecule has 1 atom stereocenters. The summed E-state index contributed by atoms with van der Waals surface area (Å²) < 4.78 is 1.14. The van der Waals surface area contributed by atoms with Crippen LogP contribution in [0.3, 0.4) is 0 Å². The fourth-order valence-electron chi connectivity index (χ4n) is 1.39. The third kappa shape index (κ3) is 5.92. The molecule has 0 aliphatic rings. The molecule has 1 nitrogen and oxygen atoms in total. The summed E-state index contributed by atoms with van der Waals surface area (Å²) in [6, 6.07) is 8.52. The molecule has 90 valence electrons. The van der Waals surface area contributed by atoms with E-state index in [1.54, 1.807) is 0 Å². The van der Waals surface area contributed by atoms with Crippen LogP contribution >= 0.6 is 27.7 Å². The van der Waals surface area contributed by atoms with Crippen molar-refractivity contribution in [1.82, 2.24) is 5.32 Å². The van der Waals surface area contributed by atoms with Gasteiger partial charge in [-0.2, -0.15) is 0 Å². The van der Waals surface area contributed by atoms with E-state index in [2.05, 4.69) is 59.4 Å². The number of benzene rings is 1. The van der Waals surface area contributed by atoms with E-state index in [0.29, 0.717) is 5.25 Å². The maximum atomic E-state index is 3.49.